The smallest absolute Gasteiger partial charge is 0.251 e. The molecule has 0 unspecified atom stereocenters. The topological polar surface area (TPSA) is 55.1 Å². The number of benzene rings is 1. The molecular formula is C16H23FN2O. The Morgan fingerprint density at radius 3 is 2.65 bits per heavy atom. The van der Waals surface area contributed by atoms with Gasteiger partial charge >= 0.3 is 0 Å². The lowest BCUT2D eigenvalue weighted by Gasteiger charge is -2.36. The van der Waals surface area contributed by atoms with Gasteiger partial charge in [-0.3, -0.25) is 4.79 Å². The summed E-state index contributed by atoms with van der Waals surface area (Å²) in [6.07, 6.45) is 5.77. The van der Waals surface area contributed by atoms with E-state index in [4.69, 9.17) is 5.73 Å². The molecule has 0 aliphatic heterocycles. The molecule has 1 aromatic rings. The Balaban J connectivity index is 2.00. The highest BCUT2D eigenvalue weighted by Crippen LogP contribution is 2.34. The molecule has 0 aromatic heterocycles. The Kier molecular flexibility index (Phi) is 4.76. The van der Waals surface area contributed by atoms with E-state index in [0.29, 0.717) is 24.2 Å². The van der Waals surface area contributed by atoms with Gasteiger partial charge in [-0.1, -0.05) is 19.3 Å². The van der Waals surface area contributed by atoms with Gasteiger partial charge in [0, 0.05) is 12.1 Å². The predicted octanol–water partition coefficient (Wildman–Crippen LogP) is 2.77. The fourth-order valence-corrected chi connectivity index (χ4v) is 3.00. The van der Waals surface area contributed by atoms with Gasteiger partial charge < -0.3 is 11.1 Å². The summed E-state index contributed by atoms with van der Waals surface area (Å²) < 4.78 is 13.1. The maximum atomic E-state index is 13.1. The van der Waals surface area contributed by atoms with Crippen LogP contribution < -0.4 is 11.1 Å². The molecule has 1 aliphatic carbocycles. The van der Waals surface area contributed by atoms with Gasteiger partial charge in [-0.2, -0.15) is 0 Å². The van der Waals surface area contributed by atoms with Crippen molar-refractivity contribution in [2.24, 2.45) is 11.1 Å². The molecule has 4 heteroatoms. The summed E-state index contributed by atoms with van der Waals surface area (Å²) in [6.45, 7) is 2.96. The van der Waals surface area contributed by atoms with E-state index in [1.807, 2.05) is 0 Å². The summed E-state index contributed by atoms with van der Waals surface area (Å²) in [4.78, 5) is 12.2. The lowest BCUT2D eigenvalue weighted by molar-refractivity contribution is 0.0913. The number of aryl methyl sites for hydroxylation is 1. The molecule has 0 radical (unpaired) electrons. The Hall–Kier alpha value is -1.42. The second-order valence-electron chi connectivity index (χ2n) is 5.91. The van der Waals surface area contributed by atoms with Gasteiger partial charge in [0.25, 0.3) is 5.91 Å². The van der Waals surface area contributed by atoms with E-state index in [2.05, 4.69) is 5.32 Å². The number of amides is 1. The molecule has 110 valence electrons. The maximum Gasteiger partial charge on any atom is 0.251 e. The Morgan fingerprint density at radius 2 is 2.05 bits per heavy atom. The maximum absolute atomic E-state index is 13.1. The van der Waals surface area contributed by atoms with Crippen molar-refractivity contribution in [3.63, 3.8) is 0 Å². The van der Waals surface area contributed by atoms with Crippen LogP contribution in [0.2, 0.25) is 0 Å². The normalized spacial score (nSPS) is 17.8. The van der Waals surface area contributed by atoms with E-state index < -0.39 is 0 Å². The van der Waals surface area contributed by atoms with E-state index >= 15 is 0 Å². The molecule has 1 amide bonds. The average molecular weight is 278 g/mol. The third-order valence-electron chi connectivity index (χ3n) is 4.40. The lowest BCUT2D eigenvalue weighted by Crippen LogP contribution is -2.43. The summed E-state index contributed by atoms with van der Waals surface area (Å²) >= 11 is 0. The number of nitrogens with two attached hydrogens (primary N) is 1. The SMILES string of the molecule is Cc1cc(F)ccc1C(=O)NCC1(CN)CCCCC1. The second-order valence-corrected chi connectivity index (χ2v) is 5.91. The third kappa shape index (κ3) is 3.37. The number of rotatable bonds is 4. The average Bonchev–Trinajstić information content (AvgIpc) is 2.46. The number of hydrogen-bond acceptors (Lipinski definition) is 2. The van der Waals surface area contributed by atoms with Crippen molar-refractivity contribution < 1.29 is 9.18 Å². The molecule has 0 heterocycles. The van der Waals surface area contributed by atoms with Crippen LogP contribution in [0.3, 0.4) is 0 Å². The first-order valence-electron chi connectivity index (χ1n) is 7.31. The highest BCUT2D eigenvalue weighted by molar-refractivity contribution is 5.95. The molecule has 3 N–H and O–H groups in total. The Morgan fingerprint density at radius 1 is 1.35 bits per heavy atom. The number of hydrogen-bond donors (Lipinski definition) is 2. The zero-order valence-corrected chi connectivity index (χ0v) is 12.0. The van der Waals surface area contributed by atoms with E-state index in [9.17, 15) is 9.18 Å². The number of carbonyl (C=O) groups is 1. The minimum Gasteiger partial charge on any atom is -0.351 e. The van der Waals surface area contributed by atoms with Crippen LogP contribution >= 0.6 is 0 Å². The van der Waals surface area contributed by atoms with Crippen molar-refractivity contribution in [2.45, 2.75) is 39.0 Å². The molecule has 1 aliphatic rings. The largest absolute Gasteiger partial charge is 0.351 e. The van der Waals surface area contributed by atoms with Gasteiger partial charge in [0.05, 0.1) is 0 Å². The first-order chi connectivity index (χ1) is 9.56. The van der Waals surface area contributed by atoms with Crippen LogP contribution in [0.5, 0.6) is 0 Å². The highest BCUT2D eigenvalue weighted by atomic mass is 19.1. The minimum absolute atomic E-state index is 0.0435. The summed E-state index contributed by atoms with van der Waals surface area (Å²) in [5, 5.41) is 2.98. The number of nitrogens with one attached hydrogen (secondary N) is 1. The number of carbonyl (C=O) groups excluding carboxylic acids is 1. The summed E-state index contributed by atoms with van der Waals surface area (Å²) in [7, 11) is 0. The van der Waals surface area contributed by atoms with Gasteiger partial charge in [0.1, 0.15) is 5.82 Å². The summed E-state index contributed by atoms with van der Waals surface area (Å²) in [5.41, 5.74) is 7.15. The van der Waals surface area contributed by atoms with Gasteiger partial charge in [-0.25, -0.2) is 4.39 Å². The zero-order chi connectivity index (χ0) is 14.6. The van der Waals surface area contributed by atoms with Crippen molar-refractivity contribution in [1.82, 2.24) is 5.32 Å². The van der Waals surface area contributed by atoms with Crippen molar-refractivity contribution >= 4 is 5.91 Å². The van der Waals surface area contributed by atoms with Crippen molar-refractivity contribution in [3.05, 3.63) is 35.1 Å². The van der Waals surface area contributed by atoms with Gasteiger partial charge in [-0.15, -0.1) is 0 Å². The van der Waals surface area contributed by atoms with Crippen LogP contribution in [-0.4, -0.2) is 19.0 Å². The van der Waals surface area contributed by atoms with Crippen LogP contribution in [0.4, 0.5) is 4.39 Å². The molecule has 0 bridgehead atoms. The molecule has 0 spiro atoms. The second kappa shape index (κ2) is 6.35. The molecule has 20 heavy (non-hydrogen) atoms. The van der Waals surface area contributed by atoms with Crippen molar-refractivity contribution in [2.75, 3.05) is 13.1 Å². The quantitative estimate of drug-likeness (QED) is 0.889. The van der Waals surface area contributed by atoms with Crippen LogP contribution in [0, 0.1) is 18.2 Å². The molecule has 0 atom stereocenters. The summed E-state index contributed by atoms with van der Waals surface area (Å²) in [5.74, 6) is -0.453. The molecular weight excluding hydrogens is 255 g/mol. The van der Waals surface area contributed by atoms with Crippen LogP contribution in [0.15, 0.2) is 18.2 Å². The Bertz CT molecular complexity index is 481. The highest BCUT2D eigenvalue weighted by Gasteiger charge is 2.31. The lowest BCUT2D eigenvalue weighted by atomic mass is 9.74. The molecule has 2 rings (SSSR count). The molecule has 1 saturated carbocycles. The monoisotopic (exact) mass is 278 g/mol. The summed E-state index contributed by atoms with van der Waals surface area (Å²) in [6, 6.07) is 4.24. The van der Waals surface area contributed by atoms with Gasteiger partial charge in [0.15, 0.2) is 0 Å². The number of halogens is 1. The Labute approximate surface area is 119 Å². The van der Waals surface area contributed by atoms with E-state index in [0.717, 1.165) is 12.8 Å². The predicted molar refractivity (Wildman–Crippen MR) is 78.0 cm³/mol. The standard InChI is InChI=1S/C16H23FN2O/c1-12-9-13(17)5-6-14(12)15(20)19-11-16(10-18)7-3-2-4-8-16/h5-6,9H,2-4,7-8,10-11,18H2,1H3,(H,19,20). The molecule has 1 aromatic carbocycles. The van der Waals surface area contributed by atoms with Crippen LogP contribution in [0.1, 0.15) is 48.0 Å². The van der Waals surface area contributed by atoms with Crippen LogP contribution in [-0.2, 0) is 0 Å². The molecule has 0 saturated heterocycles. The van der Waals surface area contributed by atoms with Crippen molar-refractivity contribution in [1.29, 1.82) is 0 Å². The van der Waals surface area contributed by atoms with E-state index in [-0.39, 0.29) is 17.1 Å². The van der Waals surface area contributed by atoms with Gasteiger partial charge in [0.2, 0.25) is 0 Å². The van der Waals surface area contributed by atoms with E-state index in [1.54, 1.807) is 6.92 Å². The zero-order valence-electron chi connectivity index (χ0n) is 12.0. The fourth-order valence-electron chi connectivity index (χ4n) is 3.00. The van der Waals surface area contributed by atoms with Crippen LogP contribution in [0.25, 0.3) is 0 Å². The fraction of sp³-hybridized carbons (Fsp3) is 0.562. The van der Waals surface area contributed by atoms with Crippen molar-refractivity contribution in [3.8, 4) is 0 Å². The molecule has 3 nitrogen and oxygen atoms in total. The minimum atomic E-state index is -0.315. The van der Waals surface area contributed by atoms with Gasteiger partial charge in [-0.05, 0) is 55.5 Å². The third-order valence-corrected chi connectivity index (χ3v) is 4.40. The first kappa shape index (κ1) is 15.0. The molecule has 1 fully saturated rings. The van der Waals surface area contributed by atoms with E-state index in [1.165, 1.54) is 37.5 Å². The first-order valence-corrected chi connectivity index (χ1v) is 7.31.